The van der Waals surface area contributed by atoms with Crippen LogP contribution >= 0.6 is 0 Å². The fraction of sp³-hybridized carbons (Fsp3) is 0.615. The normalized spacial score (nSPS) is 23.1. The van der Waals surface area contributed by atoms with E-state index in [-0.39, 0.29) is 17.5 Å². The van der Waals surface area contributed by atoms with E-state index >= 15 is 0 Å². The van der Waals surface area contributed by atoms with Crippen molar-refractivity contribution in [3.05, 3.63) is 23.7 Å². The summed E-state index contributed by atoms with van der Waals surface area (Å²) < 4.78 is 5.43. The molecular weight excluding hydrogens is 216 g/mol. The molecule has 1 amide bonds. The van der Waals surface area contributed by atoms with Gasteiger partial charge in [-0.05, 0) is 39.3 Å². The summed E-state index contributed by atoms with van der Waals surface area (Å²) in [5.41, 5.74) is 5.77. The average Bonchev–Trinajstić information content (AvgIpc) is 2.73. The Kier molecular flexibility index (Phi) is 3.00. The van der Waals surface area contributed by atoms with Gasteiger partial charge in [-0.25, -0.2) is 0 Å². The van der Waals surface area contributed by atoms with Gasteiger partial charge in [-0.1, -0.05) is 0 Å². The van der Waals surface area contributed by atoms with Crippen molar-refractivity contribution in [1.82, 2.24) is 4.90 Å². The molecule has 17 heavy (non-hydrogen) atoms. The summed E-state index contributed by atoms with van der Waals surface area (Å²) >= 11 is 0. The first-order valence-electron chi connectivity index (χ1n) is 6.02. The third-order valence-corrected chi connectivity index (χ3v) is 3.69. The molecule has 0 aliphatic carbocycles. The summed E-state index contributed by atoms with van der Waals surface area (Å²) in [5.74, 6) is 1.66. The Morgan fingerprint density at radius 2 is 2.29 bits per heavy atom. The molecule has 1 unspecified atom stereocenters. The lowest BCUT2D eigenvalue weighted by molar-refractivity contribution is -0.134. The van der Waals surface area contributed by atoms with E-state index in [1.54, 1.807) is 0 Å². The smallest absolute Gasteiger partial charge is 0.230 e. The van der Waals surface area contributed by atoms with Gasteiger partial charge in [0.15, 0.2) is 0 Å². The maximum absolute atomic E-state index is 12.2. The summed E-state index contributed by atoms with van der Waals surface area (Å²) in [4.78, 5) is 14.1. The first-order chi connectivity index (χ1) is 7.91. The van der Waals surface area contributed by atoms with Crippen LogP contribution in [0.15, 0.2) is 16.5 Å². The van der Waals surface area contributed by atoms with Crippen LogP contribution in [0.25, 0.3) is 0 Å². The molecule has 2 heterocycles. The van der Waals surface area contributed by atoms with Gasteiger partial charge in [-0.15, -0.1) is 0 Å². The molecule has 4 nitrogen and oxygen atoms in total. The van der Waals surface area contributed by atoms with E-state index in [0.29, 0.717) is 6.42 Å². The Morgan fingerprint density at radius 3 is 2.76 bits per heavy atom. The number of nitrogens with zero attached hydrogens (tertiary/aromatic N) is 1. The molecule has 1 atom stereocenters. The minimum absolute atomic E-state index is 0.0600. The fourth-order valence-electron chi connectivity index (χ4n) is 2.38. The maximum Gasteiger partial charge on any atom is 0.230 e. The number of hydrogen-bond acceptors (Lipinski definition) is 3. The number of hydrogen-bond donors (Lipinski definition) is 1. The van der Waals surface area contributed by atoms with Crippen molar-refractivity contribution in [3.63, 3.8) is 0 Å². The van der Waals surface area contributed by atoms with Gasteiger partial charge in [0.1, 0.15) is 11.5 Å². The van der Waals surface area contributed by atoms with Crippen LogP contribution in [0.5, 0.6) is 0 Å². The minimum Gasteiger partial charge on any atom is -0.466 e. The van der Waals surface area contributed by atoms with E-state index in [1.807, 2.05) is 37.8 Å². The molecule has 1 aromatic rings. The molecule has 1 fully saturated rings. The van der Waals surface area contributed by atoms with E-state index in [2.05, 4.69) is 0 Å². The molecule has 1 saturated heterocycles. The van der Waals surface area contributed by atoms with E-state index in [9.17, 15) is 4.79 Å². The monoisotopic (exact) mass is 236 g/mol. The summed E-state index contributed by atoms with van der Waals surface area (Å²) in [5, 5.41) is 0. The van der Waals surface area contributed by atoms with Crippen LogP contribution in [0.3, 0.4) is 0 Å². The SMILES string of the molecule is Cc1ccc(CC(=O)N2CCC(N)C2(C)C)o1. The van der Waals surface area contributed by atoms with Crippen molar-refractivity contribution in [2.75, 3.05) is 6.54 Å². The maximum atomic E-state index is 12.2. The first kappa shape index (κ1) is 12.2. The molecular formula is C13H20N2O2. The van der Waals surface area contributed by atoms with Crippen molar-refractivity contribution in [1.29, 1.82) is 0 Å². The molecule has 1 aliphatic rings. The number of nitrogens with two attached hydrogens (primary N) is 1. The van der Waals surface area contributed by atoms with Gasteiger partial charge < -0.3 is 15.1 Å². The molecule has 94 valence electrons. The number of carbonyl (C=O) groups is 1. The molecule has 1 aliphatic heterocycles. The summed E-state index contributed by atoms with van der Waals surface area (Å²) in [6.45, 7) is 6.67. The second-order valence-corrected chi connectivity index (χ2v) is 5.28. The van der Waals surface area contributed by atoms with E-state index in [4.69, 9.17) is 10.2 Å². The van der Waals surface area contributed by atoms with E-state index < -0.39 is 0 Å². The summed E-state index contributed by atoms with van der Waals surface area (Å²) in [6, 6.07) is 3.80. The molecule has 0 radical (unpaired) electrons. The number of rotatable bonds is 2. The van der Waals surface area contributed by atoms with Crippen LogP contribution in [0.2, 0.25) is 0 Å². The average molecular weight is 236 g/mol. The Hall–Kier alpha value is -1.29. The van der Waals surface area contributed by atoms with Gasteiger partial charge >= 0.3 is 0 Å². The minimum atomic E-state index is -0.251. The van der Waals surface area contributed by atoms with Gasteiger partial charge in [-0.2, -0.15) is 0 Å². The number of carbonyl (C=O) groups excluding carboxylic acids is 1. The molecule has 2 N–H and O–H groups in total. The van der Waals surface area contributed by atoms with E-state index in [0.717, 1.165) is 24.5 Å². The standard InChI is InChI=1S/C13H20N2O2/c1-9-4-5-10(17-9)8-12(16)15-7-6-11(14)13(15,2)3/h4-5,11H,6-8,14H2,1-3H3. The molecule has 0 aromatic carbocycles. The van der Waals surface area contributed by atoms with Gasteiger partial charge in [0, 0.05) is 12.6 Å². The summed E-state index contributed by atoms with van der Waals surface area (Å²) in [7, 11) is 0. The highest BCUT2D eigenvalue weighted by Crippen LogP contribution is 2.28. The van der Waals surface area contributed by atoms with Crippen molar-refractivity contribution in [3.8, 4) is 0 Å². The van der Waals surface area contributed by atoms with Crippen molar-refractivity contribution < 1.29 is 9.21 Å². The zero-order valence-electron chi connectivity index (χ0n) is 10.7. The number of furan rings is 1. The summed E-state index contributed by atoms with van der Waals surface area (Å²) in [6.07, 6.45) is 1.19. The van der Waals surface area contributed by atoms with E-state index in [1.165, 1.54) is 0 Å². The van der Waals surface area contributed by atoms with Crippen molar-refractivity contribution >= 4 is 5.91 Å². The van der Waals surface area contributed by atoms with Gasteiger partial charge in [-0.3, -0.25) is 4.79 Å². The molecule has 0 spiro atoms. The molecule has 0 bridgehead atoms. The molecule has 1 aromatic heterocycles. The van der Waals surface area contributed by atoms with Crippen LogP contribution in [0.4, 0.5) is 0 Å². The number of aryl methyl sites for hydroxylation is 1. The third kappa shape index (κ3) is 2.22. The topological polar surface area (TPSA) is 59.5 Å². The lowest BCUT2D eigenvalue weighted by Crippen LogP contribution is -2.51. The van der Waals surface area contributed by atoms with Gasteiger partial charge in [0.05, 0.1) is 12.0 Å². The van der Waals surface area contributed by atoms with Crippen molar-refractivity contribution in [2.24, 2.45) is 5.73 Å². The quantitative estimate of drug-likeness (QED) is 0.846. The van der Waals surface area contributed by atoms with Crippen LogP contribution < -0.4 is 5.73 Å². The lowest BCUT2D eigenvalue weighted by atomic mass is 9.96. The predicted octanol–water partition coefficient (Wildman–Crippen LogP) is 1.47. The second-order valence-electron chi connectivity index (χ2n) is 5.28. The van der Waals surface area contributed by atoms with Crippen LogP contribution in [0, 0.1) is 6.92 Å². The molecule has 4 heteroatoms. The molecule has 2 rings (SSSR count). The third-order valence-electron chi connectivity index (χ3n) is 3.69. The predicted molar refractivity (Wildman–Crippen MR) is 65.5 cm³/mol. The Balaban J connectivity index is 2.06. The zero-order valence-corrected chi connectivity index (χ0v) is 10.7. The highest BCUT2D eigenvalue weighted by Gasteiger charge is 2.41. The fourth-order valence-corrected chi connectivity index (χ4v) is 2.38. The molecule has 0 saturated carbocycles. The number of likely N-dealkylation sites (tertiary alicyclic amines) is 1. The van der Waals surface area contributed by atoms with Crippen LogP contribution in [0.1, 0.15) is 31.8 Å². The highest BCUT2D eigenvalue weighted by atomic mass is 16.3. The van der Waals surface area contributed by atoms with Crippen LogP contribution in [-0.2, 0) is 11.2 Å². The Morgan fingerprint density at radius 1 is 1.59 bits per heavy atom. The Bertz CT molecular complexity index is 423. The lowest BCUT2D eigenvalue weighted by Gasteiger charge is -2.34. The number of amides is 1. The van der Waals surface area contributed by atoms with Crippen molar-refractivity contribution in [2.45, 2.75) is 45.2 Å². The zero-order chi connectivity index (χ0) is 12.6. The largest absolute Gasteiger partial charge is 0.466 e. The van der Waals surface area contributed by atoms with Gasteiger partial charge in [0.2, 0.25) is 5.91 Å². The van der Waals surface area contributed by atoms with Crippen LogP contribution in [-0.4, -0.2) is 28.9 Å². The first-order valence-corrected chi connectivity index (χ1v) is 6.02. The van der Waals surface area contributed by atoms with Gasteiger partial charge in [0.25, 0.3) is 0 Å². The highest BCUT2D eigenvalue weighted by molar-refractivity contribution is 5.79. The second kappa shape index (κ2) is 4.18. The Labute approximate surface area is 102 Å².